The second-order valence-electron chi connectivity index (χ2n) is 42.1. The lowest BCUT2D eigenvalue weighted by Crippen LogP contribution is -2.30. The third-order valence-electron chi connectivity index (χ3n) is 21.3. The maximum absolute atomic E-state index is 11.3. The number of carbonyl (C=O) groups excluding carboxylic acids is 9. The first-order chi connectivity index (χ1) is 63.2. The lowest BCUT2D eigenvalue weighted by atomic mass is 10.0. The van der Waals surface area contributed by atoms with Crippen molar-refractivity contribution < 1.29 is 100.0 Å². The molecule has 0 aliphatic carbocycles. The molecule has 23 heteroatoms. The van der Waals surface area contributed by atoms with Gasteiger partial charge in [0.1, 0.15) is 57.0 Å². The van der Waals surface area contributed by atoms with Crippen molar-refractivity contribution in [2.45, 2.75) is 403 Å². The number of unbranched alkanes of at least 4 members (excludes halogenated alkanes) is 8. The summed E-state index contributed by atoms with van der Waals surface area (Å²) < 4.78 is 63.5. The smallest absolute Gasteiger partial charge is 0.308 e. The summed E-state index contributed by atoms with van der Waals surface area (Å²) >= 11 is 0. The van der Waals surface area contributed by atoms with E-state index in [4.69, 9.17) is 56.8 Å². The Bertz CT molecular complexity index is 2480. The van der Waals surface area contributed by atoms with Gasteiger partial charge < -0.3 is 66.6 Å². The minimum absolute atomic E-state index is 0.0503. The molecular formula is C112H226N2O21. The van der Waals surface area contributed by atoms with E-state index in [9.17, 15) is 43.2 Å². The van der Waals surface area contributed by atoms with Crippen molar-refractivity contribution in [1.82, 2.24) is 9.80 Å². The molecule has 0 aliphatic heterocycles. The topological polar surface area (TPSA) is 271 Å². The molecule has 0 N–H and O–H groups in total. The van der Waals surface area contributed by atoms with Gasteiger partial charge in [0.2, 0.25) is 0 Å². The van der Waals surface area contributed by atoms with Gasteiger partial charge in [-0.2, -0.15) is 0 Å². The number of carbonyl (C=O) groups is 9. The van der Waals surface area contributed by atoms with Gasteiger partial charge in [0.25, 0.3) is 0 Å². The van der Waals surface area contributed by atoms with E-state index in [1.807, 2.05) is 125 Å². The van der Waals surface area contributed by atoms with Crippen LogP contribution in [0.1, 0.15) is 391 Å². The molecule has 0 saturated carbocycles. The van der Waals surface area contributed by atoms with E-state index in [-0.39, 0.29) is 114 Å². The van der Waals surface area contributed by atoms with Crippen LogP contribution in [0.25, 0.3) is 0 Å². The van der Waals surface area contributed by atoms with E-state index in [0.29, 0.717) is 153 Å². The number of hydrogen-bond acceptors (Lipinski definition) is 23. The van der Waals surface area contributed by atoms with E-state index in [1.54, 1.807) is 0 Å². The standard InChI is InChI=1S/C14H29NO2.C14H28O2.C13H27NO3.C13H26O3.C13H26O2.C12H24O3.C11H22O3.C11H22O2.C11H22O/c1-12(2)14(16)11-17-10-8-6-7-9-15(5)13(3)4;1-12(2)9-7-5-6-8-10-16-11-14(15)13(3)4;1-11(2)13(15)10-17-9-8-16-7-6-14(5)12(3)4;1-11(2)5-7-15-9-10-16-8-6-13(14)12(3)4;1-11(2)8-6-5-7-9-15-10-13(14)12(3)4;1-10(2)5-6-14-7-8-15-9-12(13)11(3)4;1-9(2)5-6-13-7-8-14-11(12)10(3)4;1-9(2)5-7-13-8-6-11(12)10(3)4;1-9(2)7-5-6-8-11(12)10(3)4/h12-13H,6-11H2,1-5H3;12-13H,5-11H2,1-4H3;11-12H,6-10H2,1-5H3;11-12H,5-10H2,1-4H3;11-12H,5-10H2,1-4H3;10-11H,5-9H2,1-4H3;9-10H,5-8H2,1-4H3;9-10H,5-8H2,1-4H3;9-10H,5-8H2,1-4H3. The van der Waals surface area contributed by atoms with Crippen molar-refractivity contribution >= 4 is 52.2 Å². The number of likely N-dealkylation sites (N-methyl/N-ethyl adjacent to an activating group) is 1. The van der Waals surface area contributed by atoms with E-state index in [1.165, 1.54) is 70.6 Å². The summed E-state index contributed by atoms with van der Waals surface area (Å²) in [7, 11) is 4.23. The van der Waals surface area contributed by atoms with Gasteiger partial charge in [-0.25, -0.2) is 0 Å². The Labute approximate surface area is 834 Å². The summed E-state index contributed by atoms with van der Waals surface area (Å²) in [6.45, 7) is 88.5. The van der Waals surface area contributed by atoms with Crippen molar-refractivity contribution in [3.05, 3.63) is 0 Å². The Morgan fingerprint density at radius 3 is 0.667 bits per heavy atom. The number of ether oxygens (including phenoxy) is 12. The molecule has 0 aliphatic rings. The molecule has 0 aromatic rings. The van der Waals surface area contributed by atoms with Gasteiger partial charge >= 0.3 is 5.97 Å². The number of esters is 1. The molecule has 0 rings (SSSR count). The van der Waals surface area contributed by atoms with E-state index < -0.39 is 0 Å². The highest BCUT2D eigenvalue weighted by atomic mass is 16.6. The molecule has 0 saturated heterocycles. The summed E-state index contributed by atoms with van der Waals surface area (Å²) in [6, 6.07) is 1.16. The van der Waals surface area contributed by atoms with Gasteiger partial charge in [-0.1, -0.05) is 279 Å². The normalized spacial score (nSPS) is 11.4. The zero-order valence-electron chi connectivity index (χ0n) is 95.6. The van der Waals surface area contributed by atoms with Gasteiger partial charge in [-0.05, 0) is 154 Å². The number of nitrogens with zero attached hydrogens (tertiary/aromatic N) is 2. The zero-order chi connectivity index (χ0) is 105. The number of ketones is 8. The molecule has 0 radical (unpaired) electrons. The molecule has 0 amide bonds. The summed E-state index contributed by atoms with van der Waals surface area (Å²) in [4.78, 5) is 105. The van der Waals surface area contributed by atoms with E-state index >= 15 is 0 Å². The van der Waals surface area contributed by atoms with Crippen molar-refractivity contribution in [3.8, 4) is 0 Å². The highest BCUT2D eigenvalue weighted by Crippen LogP contribution is 2.14. The van der Waals surface area contributed by atoms with Gasteiger partial charge in [-0.3, -0.25) is 43.2 Å². The summed E-state index contributed by atoms with van der Waals surface area (Å²) in [5, 5.41) is 0. The first kappa shape index (κ1) is 149. The van der Waals surface area contributed by atoms with E-state index in [2.05, 4.69) is 149 Å². The Morgan fingerprint density at radius 1 is 0.178 bits per heavy atom. The van der Waals surface area contributed by atoms with Gasteiger partial charge in [0.15, 0.2) is 28.9 Å². The molecule has 0 fully saturated rings. The molecule has 0 atom stereocenters. The summed E-state index contributed by atoms with van der Waals surface area (Å²) in [5.74, 6) is 7.67. The SMILES string of the molecule is CC(C)C(=O)COCCCCCN(C)C(C)C.CC(C)C(=O)COCCOCCN(C)C(C)C.CC(C)CCCCC(=O)C(C)C.CC(C)CCCCCCOCC(=O)C(C)C.CC(C)CCCCCOCC(=O)C(C)C.CC(C)CCOCCC(=O)C(C)C.CC(C)CCOCCOC(=O)C(C)C.CC(C)CCOCCOCC(=O)C(C)C.CC(C)CCOCCOCCC(=O)C(C)C. The number of Topliss-reactive ketones (excluding diaryl/α,β-unsaturated/α-hetero) is 8. The highest BCUT2D eigenvalue weighted by molar-refractivity contribution is 5.83. The largest absolute Gasteiger partial charge is 0.463 e. The molecule has 135 heavy (non-hydrogen) atoms. The van der Waals surface area contributed by atoms with Crippen molar-refractivity contribution in [3.63, 3.8) is 0 Å². The van der Waals surface area contributed by atoms with Crippen LogP contribution in [0.3, 0.4) is 0 Å². The molecule has 810 valence electrons. The first-order valence-corrected chi connectivity index (χ1v) is 53.3. The Kier molecular flexibility index (Phi) is 119. The average Bonchev–Trinajstić information content (AvgIpc) is 1.01. The van der Waals surface area contributed by atoms with Crippen LogP contribution in [-0.4, -0.2) is 253 Å². The highest BCUT2D eigenvalue weighted by Gasteiger charge is 2.15. The Hall–Kier alpha value is -3.69. The monoisotopic (exact) mass is 1940 g/mol. The van der Waals surface area contributed by atoms with Gasteiger partial charge in [0, 0.05) is 131 Å². The first-order valence-electron chi connectivity index (χ1n) is 53.3. The maximum atomic E-state index is 11.3. The van der Waals surface area contributed by atoms with Crippen molar-refractivity contribution in [2.75, 3.05) is 179 Å². The van der Waals surface area contributed by atoms with E-state index in [0.717, 1.165) is 128 Å². The average molecular weight is 1940 g/mol. The Morgan fingerprint density at radius 2 is 0.393 bits per heavy atom. The molecule has 23 nitrogen and oxygen atoms in total. The lowest BCUT2D eigenvalue weighted by Gasteiger charge is -2.20. The second kappa shape index (κ2) is 108. The van der Waals surface area contributed by atoms with Gasteiger partial charge in [0.05, 0.1) is 72.0 Å². The van der Waals surface area contributed by atoms with Crippen molar-refractivity contribution in [1.29, 1.82) is 0 Å². The Balaban J connectivity index is -0.000000189. The molecule has 0 spiro atoms. The molecule has 0 bridgehead atoms. The number of hydrogen-bond donors (Lipinski definition) is 0. The van der Waals surface area contributed by atoms with Crippen LogP contribution >= 0.6 is 0 Å². The molecule has 0 aromatic carbocycles. The van der Waals surface area contributed by atoms with Crippen LogP contribution < -0.4 is 0 Å². The second-order valence-corrected chi connectivity index (χ2v) is 42.1. The molecular weight excluding hydrogens is 1710 g/mol. The zero-order valence-corrected chi connectivity index (χ0v) is 95.6. The van der Waals surface area contributed by atoms with Crippen LogP contribution in [0.4, 0.5) is 0 Å². The van der Waals surface area contributed by atoms with Crippen LogP contribution in [0.15, 0.2) is 0 Å². The van der Waals surface area contributed by atoms with Crippen LogP contribution in [-0.2, 0) is 100.0 Å². The van der Waals surface area contributed by atoms with Crippen molar-refractivity contribution in [2.24, 2.45) is 94.7 Å². The fourth-order valence-corrected chi connectivity index (χ4v) is 9.88. The quantitative estimate of drug-likeness (QED) is 0.0404. The van der Waals surface area contributed by atoms with Crippen LogP contribution in [0, 0.1) is 94.7 Å². The lowest BCUT2D eigenvalue weighted by molar-refractivity contribution is -0.149. The fraction of sp³-hybridized carbons (Fsp3) is 0.920. The summed E-state index contributed by atoms with van der Waals surface area (Å²) in [6.07, 6.45) is 24.3. The molecule has 0 unspecified atom stereocenters. The van der Waals surface area contributed by atoms with Crippen LogP contribution in [0.2, 0.25) is 0 Å². The maximum Gasteiger partial charge on any atom is 0.308 e. The third-order valence-corrected chi connectivity index (χ3v) is 21.3. The molecule has 0 heterocycles. The minimum atomic E-state index is -0.155. The predicted octanol–water partition coefficient (Wildman–Crippen LogP) is 24.9. The predicted molar refractivity (Wildman–Crippen MR) is 565 cm³/mol. The third kappa shape index (κ3) is 134. The van der Waals surface area contributed by atoms with Crippen LogP contribution in [0.5, 0.6) is 0 Å². The fourth-order valence-electron chi connectivity index (χ4n) is 9.88. The minimum Gasteiger partial charge on any atom is -0.463 e. The molecule has 0 aromatic heterocycles. The summed E-state index contributed by atoms with van der Waals surface area (Å²) in [5.41, 5.74) is 0. The van der Waals surface area contributed by atoms with Gasteiger partial charge in [-0.15, -0.1) is 0 Å². The number of rotatable bonds is 78.